The number of alkyl halides is 1. The highest BCUT2D eigenvalue weighted by Crippen LogP contribution is 2.37. The molecule has 0 N–H and O–H groups in total. The fraction of sp³-hybridized carbons (Fsp3) is 0.318. The minimum atomic E-state index is -3.95. The Kier molecular flexibility index (Phi) is 6.65. The van der Waals surface area contributed by atoms with E-state index >= 15 is 0 Å². The molecule has 0 bridgehead atoms. The van der Waals surface area contributed by atoms with Crippen molar-refractivity contribution < 1.29 is 22.3 Å². The van der Waals surface area contributed by atoms with E-state index in [9.17, 15) is 17.6 Å². The van der Waals surface area contributed by atoms with Crippen LogP contribution in [0.15, 0.2) is 53.9 Å². The van der Waals surface area contributed by atoms with Crippen LogP contribution in [0.4, 0.5) is 4.39 Å². The maximum Gasteiger partial charge on any atom is 0.343 e. The van der Waals surface area contributed by atoms with Crippen molar-refractivity contribution in [1.82, 2.24) is 4.31 Å². The van der Waals surface area contributed by atoms with E-state index in [4.69, 9.17) is 16.3 Å². The molecule has 3 rings (SSSR count). The molecule has 2 aromatic carbocycles. The predicted octanol–water partition coefficient (Wildman–Crippen LogP) is 4.71. The molecular formula is C22H23ClFNO4S. The van der Waals surface area contributed by atoms with Crippen LogP contribution in [-0.4, -0.2) is 44.1 Å². The van der Waals surface area contributed by atoms with Gasteiger partial charge < -0.3 is 4.74 Å². The summed E-state index contributed by atoms with van der Waals surface area (Å²) in [6.45, 7) is 5.17. The molecule has 2 aromatic rings. The van der Waals surface area contributed by atoms with Crippen LogP contribution in [0.1, 0.15) is 25.3 Å². The summed E-state index contributed by atoms with van der Waals surface area (Å²) in [6.07, 6.45) is 1.11. The number of esters is 1. The summed E-state index contributed by atoms with van der Waals surface area (Å²) in [4.78, 5) is 12.0. The van der Waals surface area contributed by atoms with Crippen LogP contribution in [0.5, 0.6) is 0 Å². The van der Waals surface area contributed by atoms with Gasteiger partial charge in [-0.15, -0.1) is 0 Å². The summed E-state index contributed by atoms with van der Waals surface area (Å²) in [5, 5.41) is 0.416. The van der Waals surface area contributed by atoms with Crippen LogP contribution in [0.3, 0.4) is 0 Å². The average Bonchev–Trinajstić information content (AvgIpc) is 2.74. The monoisotopic (exact) mass is 451 g/mol. The highest BCUT2D eigenvalue weighted by Gasteiger charge is 2.45. The molecule has 1 saturated heterocycles. The summed E-state index contributed by atoms with van der Waals surface area (Å²) in [7, 11) is -3.95. The van der Waals surface area contributed by atoms with Gasteiger partial charge in [-0.2, -0.15) is 4.31 Å². The van der Waals surface area contributed by atoms with E-state index in [0.717, 1.165) is 5.56 Å². The van der Waals surface area contributed by atoms with Crippen molar-refractivity contribution >= 4 is 33.7 Å². The van der Waals surface area contributed by atoms with Gasteiger partial charge in [0.05, 0.1) is 11.5 Å². The first kappa shape index (κ1) is 22.5. The van der Waals surface area contributed by atoms with Gasteiger partial charge in [0.15, 0.2) is 0 Å². The number of benzene rings is 2. The molecule has 0 atom stereocenters. The van der Waals surface area contributed by atoms with Gasteiger partial charge in [0, 0.05) is 42.1 Å². The van der Waals surface area contributed by atoms with Gasteiger partial charge in [0.1, 0.15) is 0 Å². The van der Waals surface area contributed by atoms with Gasteiger partial charge in [-0.3, -0.25) is 0 Å². The zero-order valence-electron chi connectivity index (χ0n) is 16.6. The normalized spacial score (nSPS) is 16.8. The molecule has 0 amide bonds. The lowest BCUT2D eigenvalue weighted by atomic mass is 9.95. The molecule has 1 heterocycles. The van der Waals surface area contributed by atoms with Gasteiger partial charge in [-0.05, 0) is 30.7 Å². The fourth-order valence-electron chi connectivity index (χ4n) is 3.47. The largest absolute Gasteiger partial charge is 0.464 e. The standard InChI is InChI=1S/C22H23ClFNO4S/c1-3-16-9-10-20(18(15-16)17-7-5-6-8-19(17)23)30(27,28)25-13-11-22(24,12-14-25)21(26)29-4-2/h3,5-10,15H,1,4,11-14H2,2H3. The van der Waals surface area contributed by atoms with Crippen molar-refractivity contribution in [3.8, 4) is 11.1 Å². The van der Waals surface area contributed by atoms with Crippen LogP contribution in [0.2, 0.25) is 5.02 Å². The fourth-order valence-corrected chi connectivity index (χ4v) is 5.34. The zero-order chi connectivity index (χ0) is 21.9. The van der Waals surface area contributed by atoms with Crippen LogP contribution in [-0.2, 0) is 19.6 Å². The molecule has 0 spiro atoms. The Morgan fingerprint density at radius 1 is 1.23 bits per heavy atom. The molecule has 0 aliphatic carbocycles. The first-order valence-electron chi connectivity index (χ1n) is 9.60. The Bertz CT molecular complexity index is 1060. The quantitative estimate of drug-likeness (QED) is 0.597. The lowest BCUT2D eigenvalue weighted by Crippen LogP contribution is -2.49. The maximum absolute atomic E-state index is 14.9. The smallest absolute Gasteiger partial charge is 0.343 e. The molecular weight excluding hydrogens is 429 g/mol. The minimum Gasteiger partial charge on any atom is -0.464 e. The lowest BCUT2D eigenvalue weighted by molar-refractivity contribution is -0.160. The maximum atomic E-state index is 14.9. The number of hydrogen-bond donors (Lipinski definition) is 0. The number of rotatable bonds is 6. The molecule has 30 heavy (non-hydrogen) atoms. The second-order valence-corrected chi connectivity index (χ2v) is 9.34. The molecule has 1 fully saturated rings. The summed E-state index contributed by atoms with van der Waals surface area (Å²) in [5.74, 6) is -0.936. The molecule has 1 aliphatic heterocycles. The summed E-state index contributed by atoms with van der Waals surface area (Å²) >= 11 is 6.33. The minimum absolute atomic E-state index is 0.0728. The van der Waals surface area contributed by atoms with Gasteiger partial charge in [-0.1, -0.05) is 48.5 Å². The Morgan fingerprint density at radius 3 is 2.50 bits per heavy atom. The van der Waals surface area contributed by atoms with Crippen molar-refractivity contribution in [2.45, 2.75) is 30.3 Å². The van der Waals surface area contributed by atoms with Crippen molar-refractivity contribution in [3.63, 3.8) is 0 Å². The number of carbonyl (C=O) groups excluding carboxylic acids is 1. The lowest BCUT2D eigenvalue weighted by Gasteiger charge is -2.34. The number of ether oxygens (including phenoxy) is 1. The number of sulfonamides is 1. The van der Waals surface area contributed by atoms with E-state index in [2.05, 4.69) is 6.58 Å². The number of halogens is 2. The van der Waals surface area contributed by atoms with Gasteiger partial charge in [-0.25, -0.2) is 17.6 Å². The number of hydrogen-bond acceptors (Lipinski definition) is 4. The average molecular weight is 452 g/mol. The summed E-state index contributed by atoms with van der Waals surface area (Å²) in [6, 6.07) is 11.8. The molecule has 5 nitrogen and oxygen atoms in total. The third-order valence-electron chi connectivity index (χ3n) is 5.18. The first-order valence-corrected chi connectivity index (χ1v) is 11.4. The Hall–Kier alpha value is -2.22. The second kappa shape index (κ2) is 8.88. The van der Waals surface area contributed by atoms with Crippen molar-refractivity contribution in [3.05, 3.63) is 59.6 Å². The van der Waals surface area contributed by atoms with Crippen LogP contribution in [0, 0.1) is 0 Å². The number of nitrogens with zero attached hydrogens (tertiary/aromatic N) is 1. The number of carbonyl (C=O) groups is 1. The Labute approximate surface area is 181 Å². The molecule has 0 saturated carbocycles. The highest BCUT2D eigenvalue weighted by atomic mass is 35.5. The van der Waals surface area contributed by atoms with Crippen molar-refractivity contribution in [2.24, 2.45) is 0 Å². The van der Waals surface area contributed by atoms with Gasteiger partial charge in [0.25, 0.3) is 0 Å². The SMILES string of the molecule is C=Cc1ccc(S(=O)(=O)N2CCC(F)(C(=O)OCC)CC2)c(-c2ccccc2Cl)c1. The molecule has 0 unspecified atom stereocenters. The van der Waals surface area contributed by atoms with Gasteiger partial charge >= 0.3 is 5.97 Å². The molecule has 0 radical (unpaired) electrons. The van der Waals surface area contributed by atoms with Crippen LogP contribution >= 0.6 is 11.6 Å². The van der Waals surface area contributed by atoms with E-state index in [1.165, 1.54) is 10.4 Å². The third-order valence-corrected chi connectivity index (χ3v) is 7.46. The van der Waals surface area contributed by atoms with E-state index in [-0.39, 0.29) is 37.4 Å². The summed E-state index contributed by atoms with van der Waals surface area (Å²) < 4.78 is 47.7. The van der Waals surface area contributed by atoms with Crippen LogP contribution in [0.25, 0.3) is 17.2 Å². The zero-order valence-corrected chi connectivity index (χ0v) is 18.2. The second-order valence-electron chi connectivity index (χ2n) is 7.03. The highest BCUT2D eigenvalue weighted by molar-refractivity contribution is 7.89. The van der Waals surface area contributed by atoms with Gasteiger partial charge in [0.2, 0.25) is 15.7 Å². The topological polar surface area (TPSA) is 63.7 Å². The van der Waals surface area contributed by atoms with Crippen LogP contribution < -0.4 is 0 Å². The van der Waals surface area contributed by atoms with Crippen molar-refractivity contribution in [2.75, 3.05) is 19.7 Å². The van der Waals surface area contributed by atoms with Crippen molar-refractivity contribution in [1.29, 1.82) is 0 Å². The molecule has 1 aliphatic rings. The molecule has 160 valence electrons. The van der Waals surface area contributed by atoms with E-state index in [0.29, 0.717) is 16.1 Å². The molecule has 8 heteroatoms. The van der Waals surface area contributed by atoms with E-state index in [1.807, 2.05) is 0 Å². The number of piperidine rings is 1. The van der Waals surface area contributed by atoms with E-state index in [1.54, 1.807) is 49.4 Å². The predicted molar refractivity (Wildman–Crippen MR) is 115 cm³/mol. The third kappa shape index (κ3) is 4.29. The summed E-state index contributed by atoms with van der Waals surface area (Å²) in [5.41, 5.74) is -0.404. The first-order chi connectivity index (χ1) is 14.2. The Balaban J connectivity index is 1.97. The van der Waals surface area contributed by atoms with E-state index < -0.39 is 21.7 Å². The molecule has 0 aromatic heterocycles. The Morgan fingerprint density at radius 2 is 1.90 bits per heavy atom.